The van der Waals surface area contributed by atoms with Gasteiger partial charge in [-0.2, -0.15) is 4.31 Å². The first-order chi connectivity index (χ1) is 15.8. The number of benzene rings is 2. The number of hydroxylamine groups is 1. The standard InChI is InChI=1S/C24H33N3O5S.ClH/c1-26(2)20-11-9-19(10-12-20)23(24(28)25-29)27(17-18-7-5-4-6-8-18)33(30,31)22-15-13-21(32-3)14-16-22;/h4-8,13-16,19-20,23,29H,9-12,17H2,1-3H3,(H,25,28);1H/t19-,20-,23?;. The highest BCUT2D eigenvalue weighted by atomic mass is 35.5. The van der Waals surface area contributed by atoms with E-state index in [0.29, 0.717) is 24.6 Å². The van der Waals surface area contributed by atoms with Crippen LogP contribution in [0.4, 0.5) is 0 Å². The Balaban J connectivity index is 0.00000408. The molecule has 8 nitrogen and oxygen atoms in total. The second kappa shape index (κ2) is 12.5. The largest absolute Gasteiger partial charge is 0.497 e. The molecule has 0 aromatic heterocycles. The zero-order valence-corrected chi connectivity index (χ0v) is 21.4. The molecule has 34 heavy (non-hydrogen) atoms. The average molecular weight is 512 g/mol. The van der Waals surface area contributed by atoms with Gasteiger partial charge in [0.15, 0.2) is 0 Å². The van der Waals surface area contributed by atoms with Crippen LogP contribution in [0, 0.1) is 5.92 Å². The third-order valence-electron chi connectivity index (χ3n) is 6.45. The second-order valence-electron chi connectivity index (χ2n) is 8.66. The molecule has 1 saturated carbocycles. The van der Waals surface area contributed by atoms with Gasteiger partial charge in [0.1, 0.15) is 11.8 Å². The molecule has 1 aliphatic carbocycles. The molecule has 2 aromatic rings. The van der Waals surface area contributed by atoms with Crippen LogP contribution in [-0.4, -0.2) is 62.0 Å². The lowest BCUT2D eigenvalue weighted by atomic mass is 9.80. The SMILES string of the molecule is COc1ccc(S(=O)(=O)N(Cc2ccccc2)C(C(=O)NO)[C@H]2CC[C@H](N(C)C)CC2)cc1.Cl. The number of hydrogen-bond donors (Lipinski definition) is 2. The first-order valence-electron chi connectivity index (χ1n) is 11.1. The molecule has 1 unspecified atom stereocenters. The number of sulfonamides is 1. The van der Waals surface area contributed by atoms with Crippen molar-refractivity contribution in [1.29, 1.82) is 0 Å². The molecule has 1 fully saturated rings. The maximum Gasteiger partial charge on any atom is 0.262 e. The maximum atomic E-state index is 13.8. The Kier molecular flexibility index (Phi) is 10.3. The molecular formula is C24H34ClN3O5S. The van der Waals surface area contributed by atoms with Gasteiger partial charge < -0.3 is 9.64 Å². The number of nitrogens with one attached hydrogen (secondary N) is 1. The van der Waals surface area contributed by atoms with Gasteiger partial charge in [-0.05, 0) is 75.5 Å². The van der Waals surface area contributed by atoms with Gasteiger partial charge in [0.25, 0.3) is 5.91 Å². The van der Waals surface area contributed by atoms with Gasteiger partial charge in [-0.1, -0.05) is 30.3 Å². The molecule has 2 N–H and O–H groups in total. The summed E-state index contributed by atoms with van der Waals surface area (Å²) in [6.07, 6.45) is 3.08. The van der Waals surface area contributed by atoms with Crippen molar-refractivity contribution in [1.82, 2.24) is 14.7 Å². The van der Waals surface area contributed by atoms with Crippen LogP contribution in [0.5, 0.6) is 5.75 Å². The predicted molar refractivity (Wildman–Crippen MR) is 133 cm³/mol. The van der Waals surface area contributed by atoms with E-state index in [9.17, 15) is 18.4 Å². The van der Waals surface area contributed by atoms with Crippen LogP contribution in [0.3, 0.4) is 0 Å². The Morgan fingerprint density at radius 2 is 1.65 bits per heavy atom. The highest BCUT2D eigenvalue weighted by Crippen LogP contribution is 2.34. The fourth-order valence-corrected chi connectivity index (χ4v) is 6.20. The number of carbonyl (C=O) groups is 1. The van der Waals surface area contributed by atoms with Crippen molar-refractivity contribution in [2.75, 3.05) is 21.2 Å². The number of ether oxygens (including phenoxy) is 1. The lowest BCUT2D eigenvalue weighted by molar-refractivity contribution is -0.135. The topological polar surface area (TPSA) is 99.2 Å². The van der Waals surface area contributed by atoms with Gasteiger partial charge in [-0.3, -0.25) is 10.0 Å². The molecule has 1 aliphatic rings. The van der Waals surface area contributed by atoms with Gasteiger partial charge in [-0.15, -0.1) is 12.4 Å². The minimum atomic E-state index is -4.06. The number of rotatable bonds is 9. The summed E-state index contributed by atoms with van der Waals surface area (Å²) in [5.74, 6) is -0.392. The third kappa shape index (κ3) is 6.49. The van der Waals surface area contributed by atoms with E-state index in [2.05, 4.69) is 4.90 Å². The number of carbonyl (C=O) groups excluding carboxylic acids is 1. The van der Waals surface area contributed by atoms with Crippen molar-refractivity contribution in [3.05, 3.63) is 60.2 Å². The molecule has 10 heteroatoms. The van der Waals surface area contributed by atoms with Gasteiger partial charge in [-0.25, -0.2) is 13.9 Å². The van der Waals surface area contributed by atoms with E-state index in [1.54, 1.807) is 17.6 Å². The van der Waals surface area contributed by atoms with Crippen molar-refractivity contribution in [3.8, 4) is 5.75 Å². The molecule has 2 aromatic carbocycles. The second-order valence-corrected chi connectivity index (χ2v) is 10.6. The summed E-state index contributed by atoms with van der Waals surface area (Å²) in [6.45, 7) is 0.0148. The summed E-state index contributed by atoms with van der Waals surface area (Å²) >= 11 is 0. The fourth-order valence-electron chi connectivity index (χ4n) is 4.56. The third-order valence-corrected chi connectivity index (χ3v) is 8.30. The molecule has 0 heterocycles. The van der Waals surface area contributed by atoms with E-state index in [4.69, 9.17) is 4.74 Å². The van der Waals surface area contributed by atoms with E-state index < -0.39 is 22.0 Å². The summed E-state index contributed by atoms with van der Waals surface area (Å²) in [6, 6.07) is 14.6. The number of nitrogens with zero attached hydrogens (tertiary/aromatic N) is 2. The number of methoxy groups -OCH3 is 1. The Morgan fingerprint density at radius 3 is 2.15 bits per heavy atom. The summed E-state index contributed by atoms with van der Waals surface area (Å²) in [5.41, 5.74) is 2.49. The lowest BCUT2D eigenvalue weighted by Gasteiger charge is -2.39. The monoisotopic (exact) mass is 511 g/mol. The Labute approximate surface area is 208 Å². The van der Waals surface area contributed by atoms with E-state index in [1.807, 2.05) is 44.4 Å². The van der Waals surface area contributed by atoms with E-state index in [-0.39, 0.29) is 29.8 Å². The van der Waals surface area contributed by atoms with E-state index >= 15 is 0 Å². The quantitative estimate of drug-likeness (QED) is 0.396. The van der Waals surface area contributed by atoms with Crippen LogP contribution >= 0.6 is 12.4 Å². The molecular weight excluding hydrogens is 478 g/mol. The van der Waals surface area contributed by atoms with Crippen molar-refractivity contribution < 1.29 is 23.2 Å². The first-order valence-corrected chi connectivity index (χ1v) is 12.5. The predicted octanol–water partition coefficient (Wildman–Crippen LogP) is 3.30. The maximum absolute atomic E-state index is 13.8. The molecule has 0 bridgehead atoms. The van der Waals surface area contributed by atoms with Crippen molar-refractivity contribution >= 4 is 28.3 Å². The Morgan fingerprint density at radius 1 is 1.06 bits per heavy atom. The fraction of sp³-hybridized carbons (Fsp3) is 0.458. The van der Waals surface area contributed by atoms with Gasteiger partial charge in [0.05, 0.1) is 12.0 Å². The minimum Gasteiger partial charge on any atom is -0.497 e. The molecule has 0 spiro atoms. The average Bonchev–Trinajstić information content (AvgIpc) is 2.84. The lowest BCUT2D eigenvalue weighted by Crippen LogP contribution is -2.53. The van der Waals surface area contributed by atoms with Gasteiger partial charge in [0, 0.05) is 12.6 Å². The smallest absolute Gasteiger partial charge is 0.262 e. The van der Waals surface area contributed by atoms with Crippen LogP contribution in [0.1, 0.15) is 31.2 Å². The summed E-state index contributed by atoms with van der Waals surface area (Å²) in [4.78, 5) is 15.2. The van der Waals surface area contributed by atoms with Crippen LogP contribution in [-0.2, 0) is 21.4 Å². The summed E-state index contributed by atoms with van der Waals surface area (Å²) in [7, 11) is 1.50. The molecule has 1 amide bonds. The first kappa shape index (κ1) is 28.1. The molecule has 3 rings (SSSR count). The highest BCUT2D eigenvalue weighted by Gasteiger charge is 2.42. The Hall–Kier alpha value is -2.17. The summed E-state index contributed by atoms with van der Waals surface area (Å²) in [5, 5.41) is 9.55. The van der Waals surface area contributed by atoms with Crippen LogP contribution in [0.15, 0.2) is 59.5 Å². The molecule has 0 saturated heterocycles. The molecule has 0 radical (unpaired) electrons. The van der Waals surface area contributed by atoms with Crippen molar-refractivity contribution in [3.63, 3.8) is 0 Å². The number of hydrogen-bond acceptors (Lipinski definition) is 6. The van der Waals surface area contributed by atoms with Crippen LogP contribution in [0.2, 0.25) is 0 Å². The van der Waals surface area contributed by atoms with E-state index in [1.165, 1.54) is 23.5 Å². The molecule has 0 aliphatic heterocycles. The minimum absolute atomic E-state index is 0. The number of halogens is 1. The van der Waals surface area contributed by atoms with Crippen molar-refractivity contribution in [2.24, 2.45) is 5.92 Å². The summed E-state index contributed by atoms with van der Waals surface area (Å²) < 4.78 is 34.0. The Bertz CT molecular complexity index is 1010. The molecule has 188 valence electrons. The van der Waals surface area contributed by atoms with Gasteiger partial charge >= 0.3 is 0 Å². The van der Waals surface area contributed by atoms with Crippen LogP contribution < -0.4 is 10.2 Å². The molecule has 1 atom stereocenters. The van der Waals surface area contributed by atoms with Gasteiger partial charge in [0.2, 0.25) is 10.0 Å². The normalized spacial score (nSPS) is 19.4. The van der Waals surface area contributed by atoms with E-state index in [0.717, 1.165) is 18.4 Å². The zero-order chi connectivity index (χ0) is 24.0. The van der Waals surface area contributed by atoms with Crippen LogP contribution in [0.25, 0.3) is 0 Å². The highest BCUT2D eigenvalue weighted by molar-refractivity contribution is 7.89. The van der Waals surface area contributed by atoms with Crippen molar-refractivity contribution in [2.45, 2.75) is 49.2 Å². The zero-order valence-electron chi connectivity index (χ0n) is 19.8. The number of amides is 1.